The number of hydrogen-bond donors (Lipinski definition) is 1. The zero-order valence-electron chi connectivity index (χ0n) is 6.98. The second-order valence-electron chi connectivity index (χ2n) is 2.44. The summed E-state index contributed by atoms with van der Waals surface area (Å²) in [7, 11) is 0. The predicted molar refractivity (Wildman–Crippen MR) is 54.3 cm³/mol. The fourth-order valence-electron chi connectivity index (χ4n) is 0.894. The lowest BCUT2D eigenvalue weighted by Gasteiger charge is -2.02. The fourth-order valence-corrected chi connectivity index (χ4v) is 1.89. The van der Waals surface area contributed by atoms with E-state index in [1.807, 2.05) is 0 Å². The van der Waals surface area contributed by atoms with Crippen molar-refractivity contribution in [2.24, 2.45) is 0 Å². The van der Waals surface area contributed by atoms with E-state index in [9.17, 15) is 0 Å². The van der Waals surface area contributed by atoms with Gasteiger partial charge in [-0.2, -0.15) is 0 Å². The molecule has 0 aliphatic heterocycles. The van der Waals surface area contributed by atoms with Gasteiger partial charge in [-0.15, -0.1) is 0 Å². The SMILES string of the molecule is Nc1cncc(Cl)c1Sc1ncco1. The van der Waals surface area contributed by atoms with Crippen molar-refractivity contribution in [3.63, 3.8) is 0 Å². The third-order valence-corrected chi connectivity index (χ3v) is 2.91. The minimum absolute atomic E-state index is 0.494. The van der Waals surface area contributed by atoms with E-state index in [4.69, 9.17) is 21.8 Å². The molecule has 14 heavy (non-hydrogen) atoms. The number of nitrogens with two attached hydrogens (primary N) is 1. The maximum atomic E-state index is 5.91. The molecule has 0 unspecified atom stereocenters. The number of hydrogen-bond acceptors (Lipinski definition) is 5. The van der Waals surface area contributed by atoms with Gasteiger partial charge in [0.15, 0.2) is 0 Å². The average Bonchev–Trinajstić information content (AvgIpc) is 2.64. The number of oxazole rings is 1. The third-order valence-electron chi connectivity index (χ3n) is 1.48. The Labute approximate surface area is 89.5 Å². The van der Waals surface area contributed by atoms with Crippen molar-refractivity contribution < 1.29 is 4.42 Å². The predicted octanol–water partition coefficient (Wildman–Crippen LogP) is 2.46. The Morgan fingerprint density at radius 1 is 1.43 bits per heavy atom. The quantitative estimate of drug-likeness (QED) is 0.854. The number of pyridine rings is 1. The summed E-state index contributed by atoms with van der Waals surface area (Å²) in [6.45, 7) is 0. The van der Waals surface area contributed by atoms with Crippen LogP contribution in [0.4, 0.5) is 5.69 Å². The Morgan fingerprint density at radius 3 is 2.93 bits per heavy atom. The molecule has 0 fully saturated rings. The van der Waals surface area contributed by atoms with E-state index >= 15 is 0 Å². The lowest BCUT2D eigenvalue weighted by Crippen LogP contribution is -1.90. The minimum Gasteiger partial charge on any atom is -0.440 e. The van der Waals surface area contributed by atoms with Crippen LogP contribution < -0.4 is 5.73 Å². The lowest BCUT2D eigenvalue weighted by molar-refractivity contribution is 0.454. The van der Waals surface area contributed by atoms with Gasteiger partial charge in [-0.1, -0.05) is 11.6 Å². The van der Waals surface area contributed by atoms with Crippen molar-refractivity contribution in [1.29, 1.82) is 0 Å². The van der Waals surface area contributed by atoms with Crippen LogP contribution >= 0.6 is 23.4 Å². The minimum atomic E-state index is 0.494. The van der Waals surface area contributed by atoms with Crippen molar-refractivity contribution in [2.75, 3.05) is 5.73 Å². The molecule has 0 amide bonds. The molecule has 0 saturated carbocycles. The molecule has 0 bridgehead atoms. The van der Waals surface area contributed by atoms with Gasteiger partial charge in [0.1, 0.15) is 6.26 Å². The molecule has 0 spiro atoms. The topological polar surface area (TPSA) is 64.9 Å². The average molecular weight is 228 g/mol. The zero-order chi connectivity index (χ0) is 9.97. The number of nitrogen functional groups attached to an aromatic ring is 1. The molecule has 4 nitrogen and oxygen atoms in total. The van der Waals surface area contributed by atoms with Crippen LogP contribution in [0, 0.1) is 0 Å². The molecule has 2 N–H and O–H groups in total. The molecule has 0 saturated heterocycles. The van der Waals surface area contributed by atoms with Crippen molar-refractivity contribution in [1.82, 2.24) is 9.97 Å². The highest BCUT2D eigenvalue weighted by atomic mass is 35.5. The first-order valence-electron chi connectivity index (χ1n) is 3.73. The normalized spacial score (nSPS) is 10.4. The van der Waals surface area contributed by atoms with E-state index in [1.165, 1.54) is 30.4 Å². The molecule has 0 radical (unpaired) electrons. The molecule has 0 atom stereocenters. The van der Waals surface area contributed by atoms with Crippen LogP contribution in [0.3, 0.4) is 0 Å². The Kier molecular flexibility index (Phi) is 2.60. The van der Waals surface area contributed by atoms with E-state index < -0.39 is 0 Å². The molecule has 2 aromatic rings. The molecule has 72 valence electrons. The van der Waals surface area contributed by atoms with Gasteiger partial charge in [-0.25, -0.2) is 4.98 Å². The van der Waals surface area contributed by atoms with E-state index in [2.05, 4.69) is 9.97 Å². The smallest absolute Gasteiger partial charge is 0.260 e. The van der Waals surface area contributed by atoms with Crippen LogP contribution in [0.2, 0.25) is 5.02 Å². The molecule has 2 aromatic heterocycles. The van der Waals surface area contributed by atoms with Crippen LogP contribution in [0.15, 0.2) is 39.4 Å². The Morgan fingerprint density at radius 2 is 2.29 bits per heavy atom. The molecule has 0 aliphatic rings. The van der Waals surface area contributed by atoms with E-state index in [0.29, 0.717) is 20.8 Å². The molecule has 0 aliphatic carbocycles. The summed E-state index contributed by atoms with van der Waals surface area (Å²) < 4.78 is 5.06. The molecule has 2 rings (SSSR count). The summed E-state index contributed by atoms with van der Waals surface area (Å²) in [6.07, 6.45) is 6.13. The van der Waals surface area contributed by atoms with Gasteiger partial charge in [0.25, 0.3) is 5.22 Å². The second kappa shape index (κ2) is 3.89. The Bertz CT molecular complexity index is 412. The van der Waals surface area contributed by atoms with E-state index in [-0.39, 0.29) is 0 Å². The van der Waals surface area contributed by atoms with Crippen LogP contribution in [0.1, 0.15) is 0 Å². The van der Waals surface area contributed by atoms with Crippen molar-refractivity contribution in [2.45, 2.75) is 10.1 Å². The van der Waals surface area contributed by atoms with Gasteiger partial charge in [-0.3, -0.25) is 4.98 Å². The molecular weight excluding hydrogens is 222 g/mol. The van der Waals surface area contributed by atoms with Crippen LogP contribution in [-0.4, -0.2) is 9.97 Å². The van der Waals surface area contributed by atoms with Gasteiger partial charge in [0.2, 0.25) is 0 Å². The van der Waals surface area contributed by atoms with Crippen LogP contribution in [0.25, 0.3) is 0 Å². The summed E-state index contributed by atoms with van der Waals surface area (Å²) >= 11 is 7.19. The molecular formula is C8H6ClN3OS. The highest BCUT2D eigenvalue weighted by molar-refractivity contribution is 7.99. The van der Waals surface area contributed by atoms with Gasteiger partial charge < -0.3 is 10.2 Å². The summed E-state index contributed by atoms with van der Waals surface area (Å²) in [5, 5.41) is 0.998. The number of aromatic nitrogens is 2. The molecule has 2 heterocycles. The second-order valence-corrected chi connectivity index (χ2v) is 3.81. The molecule has 6 heteroatoms. The van der Waals surface area contributed by atoms with E-state index in [0.717, 1.165) is 0 Å². The summed E-state index contributed by atoms with van der Waals surface area (Å²) in [5.41, 5.74) is 6.22. The van der Waals surface area contributed by atoms with Crippen molar-refractivity contribution in [3.8, 4) is 0 Å². The maximum Gasteiger partial charge on any atom is 0.260 e. The number of rotatable bonds is 2. The number of nitrogens with zero attached hydrogens (tertiary/aromatic N) is 2. The van der Waals surface area contributed by atoms with Gasteiger partial charge in [-0.05, 0) is 11.8 Å². The first-order chi connectivity index (χ1) is 6.77. The van der Waals surface area contributed by atoms with Crippen molar-refractivity contribution in [3.05, 3.63) is 29.9 Å². The monoisotopic (exact) mass is 227 g/mol. The summed E-state index contributed by atoms with van der Waals surface area (Å²) in [6, 6.07) is 0. The third kappa shape index (κ3) is 1.83. The first-order valence-corrected chi connectivity index (χ1v) is 4.93. The lowest BCUT2D eigenvalue weighted by atomic mass is 10.4. The Balaban J connectivity index is 2.33. The van der Waals surface area contributed by atoms with Gasteiger partial charge >= 0.3 is 0 Å². The van der Waals surface area contributed by atoms with Crippen LogP contribution in [-0.2, 0) is 0 Å². The molecule has 0 aromatic carbocycles. The van der Waals surface area contributed by atoms with Crippen LogP contribution in [0.5, 0.6) is 0 Å². The standard InChI is InChI=1S/C8H6ClN3OS/c9-5-3-11-4-6(10)7(5)14-8-12-1-2-13-8/h1-4H,10H2. The highest BCUT2D eigenvalue weighted by Crippen LogP contribution is 2.35. The summed E-state index contributed by atoms with van der Waals surface area (Å²) in [5.74, 6) is 0. The first kappa shape index (κ1) is 9.36. The summed E-state index contributed by atoms with van der Waals surface area (Å²) in [4.78, 5) is 8.52. The maximum absolute atomic E-state index is 5.91. The van der Waals surface area contributed by atoms with Gasteiger partial charge in [0, 0.05) is 6.20 Å². The highest BCUT2D eigenvalue weighted by Gasteiger charge is 2.09. The zero-order valence-corrected chi connectivity index (χ0v) is 8.55. The Hall–Kier alpha value is -1.20. The number of halogens is 1. The largest absolute Gasteiger partial charge is 0.440 e. The van der Waals surface area contributed by atoms with Gasteiger partial charge in [0.05, 0.1) is 28.0 Å². The van der Waals surface area contributed by atoms with Crippen molar-refractivity contribution >= 4 is 29.1 Å². The van der Waals surface area contributed by atoms with E-state index in [1.54, 1.807) is 6.20 Å². The number of anilines is 1. The fraction of sp³-hybridized carbons (Fsp3) is 0.